The molecule has 7 heteroatoms. The lowest BCUT2D eigenvalue weighted by Crippen LogP contribution is -2.16. The number of aromatic nitrogens is 3. The fraction of sp³-hybridized carbons (Fsp3) is 0.385. The number of nitrogens with two attached hydrogens (primary N) is 1. The molecule has 2 aromatic rings. The van der Waals surface area contributed by atoms with Gasteiger partial charge in [-0.05, 0) is 17.7 Å². The molecule has 2 N–H and O–H groups in total. The van der Waals surface area contributed by atoms with Crippen LogP contribution in [0.2, 0.25) is 0 Å². The molecule has 7 nitrogen and oxygen atoms in total. The zero-order valence-electron chi connectivity index (χ0n) is 12.0. The molecule has 0 aliphatic heterocycles. The van der Waals surface area contributed by atoms with Crippen molar-refractivity contribution in [2.75, 3.05) is 21.3 Å². The molecular formula is C13H18N4O3. The molecule has 1 aromatic carbocycles. The van der Waals surface area contributed by atoms with Crippen molar-refractivity contribution in [2.24, 2.45) is 12.8 Å². The van der Waals surface area contributed by atoms with Gasteiger partial charge in [-0.2, -0.15) is 0 Å². The van der Waals surface area contributed by atoms with Crippen LogP contribution >= 0.6 is 0 Å². The third kappa shape index (κ3) is 2.39. The van der Waals surface area contributed by atoms with E-state index in [0.717, 1.165) is 11.3 Å². The van der Waals surface area contributed by atoms with Crippen molar-refractivity contribution in [1.29, 1.82) is 0 Å². The average Bonchev–Trinajstić information content (AvgIpc) is 2.90. The molecule has 1 heterocycles. The lowest BCUT2D eigenvalue weighted by Gasteiger charge is -2.17. The van der Waals surface area contributed by atoms with Crippen LogP contribution in [0, 0.1) is 0 Å². The summed E-state index contributed by atoms with van der Waals surface area (Å²) in [5, 5.41) is 7.71. The van der Waals surface area contributed by atoms with Gasteiger partial charge in [0.05, 0.1) is 39.3 Å². The van der Waals surface area contributed by atoms with E-state index in [1.165, 1.54) is 0 Å². The second-order valence-electron chi connectivity index (χ2n) is 4.22. The molecular weight excluding hydrogens is 260 g/mol. The Morgan fingerprint density at radius 1 is 1.10 bits per heavy atom. The molecule has 108 valence electrons. The SMILES string of the molecule is COc1cc(C(N)c2cnnn2C)cc(OC)c1OC. The van der Waals surface area contributed by atoms with Crippen molar-refractivity contribution in [3.05, 3.63) is 29.6 Å². The Morgan fingerprint density at radius 3 is 2.10 bits per heavy atom. The van der Waals surface area contributed by atoms with Crippen molar-refractivity contribution < 1.29 is 14.2 Å². The van der Waals surface area contributed by atoms with Gasteiger partial charge >= 0.3 is 0 Å². The van der Waals surface area contributed by atoms with E-state index in [1.807, 2.05) is 12.1 Å². The number of aryl methyl sites for hydroxylation is 1. The fourth-order valence-corrected chi connectivity index (χ4v) is 2.03. The van der Waals surface area contributed by atoms with Gasteiger partial charge in [0.15, 0.2) is 11.5 Å². The molecule has 0 aliphatic carbocycles. The zero-order valence-corrected chi connectivity index (χ0v) is 12.0. The highest BCUT2D eigenvalue weighted by Gasteiger charge is 2.19. The van der Waals surface area contributed by atoms with Crippen molar-refractivity contribution in [2.45, 2.75) is 6.04 Å². The number of ether oxygens (including phenoxy) is 3. The summed E-state index contributed by atoms with van der Waals surface area (Å²) in [6.45, 7) is 0. The number of methoxy groups -OCH3 is 3. The Kier molecular flexibility index (Phi) is 4.09. The maximum Gasteiger partial charge on any atom is 0.203 e. The van der Waals surface area contributed by atoms with E-state index in [9.17, 15) is 0 Å². The summed E-state index contributed by atoms with van der Waals surface area (Å²) in [5.74, 6) is 1.66. The van der Waals surface area contributed by atoms with E-state index in [2.05, 4.69) is 10.3 Å². The van der Waals surface area contributed by atoms with Crippen LogP contribution in [0.1, 0.15) is 17.3 Å². The Labute approximate surface area is 117 Å². The van der Waals surface area contributed by atoms with E-state index in [4.69, 9.17) is 19.9 Å². The largest absolute Gasteiger partial charge is 0.493 e. The lowest BCUT2D eigenvalue weighted by atomic mass is 10.0. The Hall–Kier alpha value is -2.28. The maximum atomic E-state index is 6.25. The quantitative estimate of drug-likeness (QED) is 0.874. The van der Waals surface area contributed by atoms with Crippen LogP contribution in [-0.4, -0.2) is 36.3 Å². The number of hydrogen-bond acceptors (Lipinski definition) is 6. The summed E-state index contributed by atoms with van der Waals surface area (Å²) in [5.41, 5.74) is 7.86. The summed E-state index contributed by atoms with van der Waals surface area (Å²) in [6, 6.07) is 3.25. The van der Waals surface area contributed by atoms with Crippen LogP contribution in [-0.2, 0) is 7.05 Å². The van der Waals surface area contributed by atoms with E-state index >= 15 is 0 Å². The number of nitrogens with zero attached hydrogens (tertiary/aromatic N) is 3. The fourth-order valence-electron chi connectivity index (χ4n) is 2.03. The van der Waals surface area contributed by atoms with Gasteiger partial charge in [0.25, 0.3) is 0 Å². The molecule has 0 saturated heterocycles. The monoisotopic (exact) mass is 278 g/mol. The smallest absolute Gasteiger partial charge is 0.203 e. The summed E-state index contributed by atoms with van der Waals surface area (Å²) in [6.07, 6.45) is 1.63. The first kappa shape index (κ1) is 14.1. The molecule has 1 atom stereocenters. The normalized spacial score (nSPS) is 12.1. The predicted octanol–water partition coefficient (Wildman–Crippen LogP) is 0.889. The molecule has 0 spiro atoms. The van der Waals surface area contributed by atoms with Crippen molar-refractivity contribution in [1.82, 2.24) is 15.0 Å². The molecule has 20 heavy (non-hydrogen) atoms. The molecule has 0 bridgehead atoms. The van der Waals surface area contributed by atoms with Gasteiger partial charge in [0, 0.05) is 7.05 Å². The number of rotatable bonds is 5. The standard InChI is InChI=1S/C13H18N4O3/c1-17-9(7-15-16-17)12(14)8-5-10(18-2)13(20-4)11(6-8)19-3/h5-7,12H,14H2,1-4H3. The first-order valence-electron chi connectivity index (χ1n) is 6.02. The molecule has 2 rings (SSSR count). The van der Waals surface area contributed by atoms with Crippen LogP contribution in [0.4, 0.5) is 0 Å². The third-order valence-corrected chi connectivity index (χ3v) is 3.11. The van der Waals surface area contributed by atoms with E-state index < -0.39 is 0 Å². The highest BCUT2D eigenvalue weighted by molar-refractivity contribution is 5.55. The Balaban J connectivity index is 2.49. The van der Waals surface area contributed by atoms with Gasteiger partial charge in [-0.3, -0.25) is 4.68 Å². The van der Waals surface area contributed by atoms with Gasteiger partial charge < -0.3 is 19.9 Å². The molecule has 0 fully saturated rings. The Bertz CT molecular complexity index is 572. The van der Waals surface area contributed by atoms with Crippen LogP contribution < -0.4 is 19.9 Å². The van der Waals surface area contributed by atoms with Crippen LogP contribution in [0.25, 0.3) is 0 Å². The second-order valence-corrected chi connectivity index (χ2v) is 4.22. The maximum absolute atomic E-state index is 6.25. The summed E-state index contributed by atoms with van der Waals surface area (Å²) in [4.78, 5) is 0. The highest BCUT2D eigenvalue weighted by Crippen LogP contribution is 2.40. The third-order valence-electron chi connectivity index (χ3n) is 3.11. The van der Waals surface area contributed by atoms with E-state index in [-0.39, 0.29) is 6.04 Å². The minimum atomic E-state index is -0.385. The van der Waals surface area contributed by atoms with Crippen LogP contribution in [0.5, 0.6) is 17.2 Å². The summed E-state index contributed by atoms with van der Waals surface area (Å²) in [7, 11) is 6.49. The number of hydrogen-bond donors (Lipinski definition) is 1. The predicted molar refractivity (Wildman–Crippen MR) is 73.1 cm³/mol. The first-order valence-corrected chi connectivity index (χ1v) is 6.02. The van der Waals surface area contributed by atoms with Gasteiger partial charge in [0.1, 0.15) is 0 Å². The molecule has 0 amide bonds. The average molecular weight is 278 g/mol. The molecule has 0 saturated carbocycles. The van der Waals surface area contributed by atoms with Gasteiger partial charge in [-0.25, -0.2) is 0 Å². The number of benzene rings is 1. The minimum Gasteiger partial charge on any atom is -0.493 e. The van der Waals surface area contributed by atoms with Gasteiger partial charge in [0.2, 0.25) is 5.75 Å². The minimum absolute atomic E-state index is 0.385. The molecule has 0 radical (unpaired) electrons. The van der Waals surface area contributed by atoms with Crippen LogP contribution in [0.15, 0.2) is 18.3 Å². The van der Waals surface area contributed by atoms with E-state index in [1.54, 1.807) is 39.3 Å². The van der Waals surface area contributed by atoms with Gasteiger partial charge in [-0.15, -0.1) is 5.10 Å². The first-order chi connectivity index (χ1) is 9.62. The topological polar surface area (TPSA) is 84.4 Å². The Morgan fingerprint density at radius 2 is 1.70 bits per heavy atom. The van der Waals surface area contributed by atoms with Crippen molar-refractivity contribution in [3.8, 4) is 17.2 Å². The van der Waals surface area contributed by atoms with Gasteiger partial charge in [-0.1, -0.05) is 5.21 Å². The summed E-state index contributed by atoms with van der Waals surface area (Å²) < 4.78 is 17.6. The highest BCUT2D eigenvalue weighted by atomic mass is 16.5. The molecule has 0 aliphatic rings. The van der Waals surface area contributed by atoms with E-state index in [0.29, 0.717) is 17.2 Å². The zero-order chi connectivity index (χ0) is 14.7. The molecule has 1 unspecified atom stereocenters. The van der Waals surface area contributed by atoms with Crippen LogP contribution in [0.3, 0.4) is 0 Å². The second kappa shape index (κ2) is 5.79. The summed E-state index contributed by atoms with van der Waals surface area (Å²) >= 11 is 0. The molecule has 1 aromatic heterocycles. The van der Waals surface area contributed by atoms with Crippen molar-refractivity contribution >= 4 is 0 Å². The lowest BCUT2D eigenvalue weighted by molar-refractivity contribution is 0.323. The van der Waals surface area contributed by atoms with Crippen molar-refractivity contribution in [3.63, 3.8) is 0 Å².